The Hall–Kier alpha value is -2.35. The maximum absolute atomic E-state index is 10.7. The van der Waals surface area contributed by atoms with E-state index < -0.39 is 5.97 Å². The van der Waals surface area contributed by atoms with Crippen molar-refractivity contribution in [3.63, 3.8) is 0 Å². The van der Waals surface area contributed by atoms with Crippen LogP contribution in [0.15, 0.2) is 29.4 Å². The second-order valence-corrected chi connectivity index (χ2v) is 4.95. The Labute approximate surface area is 117 Å². The topological polar surface area (TPSA) is 82.7 Å². The molecule has 5 nitrogen and oxygen atoms in total. The van der Waals surface area contributed by atoms with Gasteiger partial charge in [-0.2, -0.15) is 5.26 Å². The summed E-state index contributed by atoms with van der Waals surface area (Å²) in [4.78, 5) is 16.0. The molecule has 1 fully saturated rings. The van der Waals surface area contributed by atoms with Gasteiger partial charge >= 0.3 is 5.97 Å². The number of carboxylic acids is 1. The molecular weight excluding hydrogens is 256 g/mol. The van der Waals surface area contributed by atoms with Crippen LogP contribution in [0.25, 0.3) is 0 Å². The molecule has 1 aliphatic rings. The zero-order valence-electron chi connectivity index (χ0n) is 11.1. The maximum atomic E-state index is 10.7. The summed E-state index contributed by atoms with van der Waals surface area (Å²) in [7, 11) is 0. The van der Waals surface area contributed by atoms with E-state index in [0.29, 0.717) is 17.7 Å². The lowest BCUT2D eigenvalue weighted by Crippen LogP contribution is -2.18. The summed E-state index contributed by atoms with van der Waals surface area (Å²) in [6, 6.07) is 8.77. The zero-order valence-corrected chi connectivity index (χ0v) is 11.1. The first-order chi connectivity index (χ1) is 9.67. The van der Waals surface area contributed by atoms with Crippen molar-refractivity contribution in [2.24, 2.45) is 11.1 Å². The number of aliphatic carboxylic acids is 1. The van der Waals surface area contributed by atoms with E-state index in [-0.39, 0.29) is 12.3 Å². The van der Waals surface area contributed by atoms with Crippen LogP contribution < -0.4 is 4.84 Å². The largest absolute Gasteiger partial charge is 0.481 e. The van der Waals surface area contributed by atoms with E-state index in [1.165, 1.54) is 0 Å². The molecule has 1 N–H and O–H groups in total. The molecule has 0 aliphatic heterocycles. The Kier molecular flexibility index (Phi) is 4.72. The fourth-order valence-electron chi connectivity index (χ4n) is 2.34. The third-order valence-electron chi connectivity index (χ3n) is 3.33. The van der Waals surface area contributed by atoms with Crippen LogP contribution in [0.1, 0.15) is 37.7 Å². The van der Waals surface area contributed by atoms with Gasteiger partial charge in [0.15, 0.2) is 5.75 Å². The number of carboxylic acid groups (broad SMARTS) is 1. The van der Waals surface area contributed by atoms with Crippen LogP contribution in [0.5, 0.6) is 5.75 Å². The van der Waals surface area contributed by atoms with Gasteiger partial charge in [-0.3, -0.25) is 4.79 Å². The normalized spacial score (nSPS) is 20.4. The lowest BCUT2D eigenvalue weighted by molar-refractivity contribution is -0.138. The molecule has 1 aromatic rings. The molecule has 0 amide bonds. The van der Waals surface area contributed by atoms with E-state index in [0.717, 1.165) is 25.0 Å². The smallest absolute Gasteiger partial charge is 0.303 e. The van der Waals surface area contributed by atoms with Gasteiger partial charge in [-0.25, -0.2) is 0 Å². The van der Waals surface area contributed by atoms with Crippen molar-refractivity contribution in [2.45, 2.75) is 32.1 Å². The summed E-state index contributed by atoms with van der Waals surface area (Å²) < 4.78 is 0. The molecule has 1 atom stereocenters. The van der Waals surface area contributed by atoms with Crippen molar-refractivity contribution in [3.8, 4) is 11.8 Å². The quantitative estimate of drug-likeness (QED) is 0.854. The Morgan fingerprint density at radius 2 is 2.20 bits per heavy atom. The van der Waals surface area contributed by atoms with Crippen molar-refractivity contribution >= 4 is 11.7 Å². The van der Waals surface area contributed by atoms with Gasteiger partial charge in [0.05, 0.1) is 17.3 Å². The van der Waals surface area contributed by atoms with Crippen LogP contribution in [0, 0.1) is 17.2 Å². The van der Waals surface area contributed by atoms with Crippen LogP contribution in [0.2, 0.25) is 0 Å². The van der Waals surface area contributed by atoms with Gasteiger partial charge in [0.2, 0.25) is 0 Å². The van der Waals surface area contributed by atoms with E-state index in [2.05, 4.69) is 5.16 Å². The van der Waals surface area contributed by atoms with Crippen LogP contribution >= 0.6 is 0 Å². The van der Waals surface area contributed by atoms with Crippen molar-refractivity contribution < 1.29 is 14.7 Å². The highest BCUT2D eigenvalue weighted by Crippen LogP contribution is 2.25. The number of rotatable bonds is 4. The highest BCUT2D eigenvalue weighted by atomic mass is 16.6. The molecule has 0 aromatic heterocycles. The fourth-order valence-corrected chi connectivity index (χ4v) is 2.34. The van der Waals surface area contributed by atoms with E-state index in [4.69, 9.17) is 15.2 Å². The fraction of sp³-hybridized carbons (Fsp3) is 0.400. The first kappa shape index (κ1) is 14.1. The van der Waals surface area contributed by atoms with Gasteiger partial charge < -0.3 is 9.94 Å². The summed E-state index contributed by atoms with van der Waals surface area (Å²) in [5, 5.41) is 21.6. The standard InChI is InChI=1S/C15H16N2O3/c16-10-11-4-6-14(7-5-11)20-17-13-3-1-2-12(8-13)9-15(18)19/h4-7,12H,1-3,8-9H2,(H,18,19). The second kappa shape index (κ2) is 6.71. The lowest BCUT2D eigenvalue weighted by Gasteiger charge is -2.21. The second-order valence-electron chi connectivity index (χ2n) is 4.95. The summed E-state index contributed by atoms with van der Waals surface area (Å²) in [6.07, 6.45) is 3.61. The number of nitrogens with zero attached hydrogens (tertiary/aromatic N) is 2. The average molecular weight is 272 g/mol. The molecule has 5 heteroatoms. The van der Waals surface area contributed by atoms with Crippen molar-refractivity contribution in [1.82, 2.24) is 0 Å². The van der Waals surface area contributed by atoms with Crippen molar-refractivity contribution in [2.75, 3.05) is 0 Å². The third kappa shape index (κ3) is 4.09. The molecule has 2 rings (SSSR count). The third-order valence-corrected chi connectivity index (χ3v) is 3.33. The Balaban J connectivity index is 1.93. The molecular formula is C15H16N2O3. The van der Waals surface area contributed by atoms with Crippen molar-refractivity contribution in [1.29, 1.82) is 5.26 Å². The Morgan fingerprint density at radius 3 is 2.85 bits per heavy atom. The number of hydrogen-bond donors (Lipinski definition) is 1. The Morgan fingerprint density at radius 1 is 1.45 bits per heavy atom. The summed E-state index contributed by atoms with van der Waals surface area (Å²) >= 11 is 0. The summed E-state index contributed by atoms with van der Waals surface area (Å²) in [5.74, 6) is -0.0225. The monoisotopic (exact) mass is 272 g/mol. The van der Waals surface area contributed by atoms with Crippen molar-refractivity contribution in [3.05, 3.63) is 29.8 Å². The van der Waals surface area contributed by atoms with Crippen LogP contribution in [-0.4, -0.2) is 16.8 Å². The molecule has 1 unspecified atom stereocenters. The average Bonchev–Trinajstić information content (AvgIpc) is 2.45. The number of nitriles is 1. The predicted octanol–water partition coefficient (Wildman–Crippen LogP) is 2.96. The summed E-state index contributed by atoms with van der Waals surface area (Å²) in [5.41, 5.74) is 1.48. The Bertz CT molecular complexity index is 543. The highest BCUT2D eigenvalue weighted by Gasteiger charge is 2.21. The highest BCUT2D eigenvalue weighted by molar-refractivity contribution is 5.85. The van der Waals surface area contributed by atoms with E-state index in [9.17, 15) is 4.79 Å². The van der Waals surface area contributed by atoms with E-state index in [1.807, 2.05) is 6.07 Å². The molecule has 20 heavy (non-hydrogen) atoms. The van der Waals surface area contributed by atoms with E-state index >= 15 is 0 Å². The summed E-state index contributed by atoms with van der Waals surface area (Å²) in [6.45, 7) is 0. The minimum atomic E-state index is -0.760. The first-order valence-electron chi connectivity index (χ1n) is 6.62. The van der Waals surface area contributed by atoms with Gasteiger partial charge in [-0.15, -0.1) is 0 Å². The molecule has 0 spiro atoms. The molecule has 1 saturated carbocycles. The first-order valence-corrected chi connectivity index (χ1v) is 6.62. The number of oxime groups is 1. The van der Waals surface area contributed by atoms with E-state index in [1.54, 1.807) is 24.3 Å². The zero-order chi connectivity index (χ0) is 14.4. The number of benzene rings is 1. The molecule has 1 aromatic carbocycles. The minimum Gasteiger partial charge on any atom is -0.481 e. The SMILES string of the molecule is N#Cc1ccc(ON=C2CCCC(CC(=O)O)C2)cc1. The molecule has 0 radical (unpaired) electrons. The van der Waals surface area contributed by atoms with Gasteiger partial charge in [0.1, 0.15) is 0 Å². The van der Waals surface area contributed by atoms with Crippen LogP contribution in [-0.2, 0) is 4.79 Å². The molecule has 0 bridgehead atoms. The number of carbonyl (C=O) groups is 1. The molecule has 1 aliphatic carbocycles. The van der Waals surface area contributed by atoms with Gasteiger partial charge in [-0.1, -0.05) is 5.16 Å². The lowest BCUT2D eigenvalue weighted by atomic mass is 9.86. The maximum Gasteiger partial charge on any atom is 0.303 e. The predicted molar refractivity (Wildman–Crippen MR) is 73.4 cm³/mol. The van der Waals surface area contributed by atoms with Crippen LogP contribution in [0.4, 0.5) is 0 Å². The van der Waals surface area contributed by atoms with Gasteiger partial charge in [0, 0.05) is 6.42 Å². The minimum absolute atomic E-state index is 0.157. The number of hydrogen-bond acceptors (Lipinski definition) is 4. The van der Waals surface area contributed by atoms with Crippen LogP contribution in [0.3, 0.4) is 0 Å². The molecule has 0 heterocycles. The molecule has 0 saturated heterocycles. The molecule has 104 valence electrons. The van der Waals surface area contributed by atoms with Gasteiger partial charge in [-0.05, 0) is 55.9 Å². The van der Waals surface area contributed by atoms with Gasteiger partial charge in [0.25, 0.3) is 0 Å².